The minimum Gasteiger partial charge on any atom is -0.484 e. The maximum absolute atomic E-state index is 11.9. The van der Waals surface area contributed by atoms with E-state index >= 15 is 0 Å². The molecule has 0 saturated heterocycles. The van der Waals surface area contributed by atoms with Crippen molar-refractivity contribution in [1.29, 1.82) is 0 Å². The predicted octanol–water partition coefficient (Wildman–Crippen LogP) is 2.29. The normalized spacial score (nSPS) is 10.9. The number of amides is 2. The average Bonchev–Trinajstić information content (AvgIpc) is 2.59. The molecule has 0 fully saturated rings. The van der Waals surface area contributed by atoms with Crippen molar-refractivity contribution in [3.8, 4) is 5.75 Å². The van der Waals surface area contributed by atoms with Gasteiger partial charge < -0.3 is 10.1 Å². The van der Waals surface area contributed by atoms with E-state index in [-0.39, 0.29) is 18.9 Å². The van der Waals surface area contributed by atoms with Gasteiger partial charge >= 0.3 is 0 Å². The molecule has 0 atom stereocenters. The lowest BCUT2D eigenvalue weighted by Crippen LogP contribution is -2.26. The number of hydrogen-bond acceptors (Lipinski definition) is 5. The fourth-order valence-corrected chi connectivity index (χ4v) is 1.96. The second kappa shape index (κ2) is 9.17. The summed E-state index contributed by atoms with van der Waals surface area (Å²) in [5, 5.41) is 6.59. The van der Waals surface area contributed by atoms with Crippen LogP contribution in [0.2, 0.25) is 0 Å². The SMILES string of the molecule is CC(CC(=O)Nc1cccnc1)=NNC(=O)COc1cccc(C)c1. The molecule has 7 nitrogen and oxygen atoms in total. The second-order valence-corrected chi connectivity index (χ2v) is 5.45. The molecule has 7 heteroatoms. The fourth-order valence-electron chi connectivity index (χ4n) is 1.96. The maximum atomic E-state index is 11.9. The molecule has 0 aliphatic rings. The van der Waals surface area contributed by atoms with Crippen LogP contribution in [0.5, 0.6) is 5.75 Å². The molecule has 2 amide bonds. The molecule has 1 aromatic carbocycles. The van der Waals surface area contributed by atoms with Crippen LogP contribution in [-0.2, 0) is 9.59 Å². The monoisotopic (exact) mass is 340 g/mol. The molecule has 0 aliphatic carbocycles. The molecule has 0 saturated carbocycles. The highest BCUT2D eigenvalue weighted by molar-refractivity contribution is 6.05. The standard InChI is InChI=1S/C18H20N4O3/c1-13-5-3-7-16(9-13)25-12-18(24)22-21-14(2)10-17(23)20-15-6-4-8-19-11-15/h3-9,11H,10,12H2,1-2H3,(H,20,23)(H,22,24). The molecule has 0 unspecified atom stereocenters. The number of hydrogen-bond donors (Lipinski definition) is 2. The molecule has 1 heterocycles. The molecule has 25 heavy (non-hydrogen) atoms. The third kappa shape index (κ3) is 6.82. The van der Waals surface area contributed by atoms with Gasteiger partial charge in [-0.1, -0.05) is 12.1 Å². The zero-order valence-electron chi connectivity index (χ0n) is 14.2. The van der Waals surface area contributed by atoms with Crippen molar-refractivity contribution in [3.05, 3.63) is 54.4 Å². The third-order valence-electron chi connectivity index (χ3n) is 3.09. The van der Waals surface area contributed by atoms with Crippen molar-refractivity contribution < 1.29 is 14.3 Å². The Labute approximate surface area is 146 Å². The summed E-state index contributed by atoms with van der Waals surface area (Å²) in [6.45, 7) is 3.45. The first kappa shape index (κ1) is 18.1. The van der Waals surface area contributed by atoms with E-state index in [9.17, 15) is 9.59 Å². The Kier molecular flexibility index (Phi) is 6.65. The number of pyridine rings is 1. The summed E-state index contributed by atoms with van der Waals surface area (Å²) in [6, 6.07) is 10.9. The quantitative estimate of drug-likeness (QED) is 0.597. The number of ether oxygens (including phenoxy) is 1. The van der Waals surface area contributed by atoms with Gasteiger partial charge in [-0.15, -0.1) is 0 Å². The summed E-state index contributed by atoms with van der Waals surface area (Å²) in [4.78, 5) is 27.5. The van der Waals surface area contributed by atoms with Gasteiger partial charge in [0.25, 0.3) is 5.91 Å². The number of hydrazone groups is 1. The fraction of sp³-hybridized carbons (Fsp3) is 0.222. The van der Waals surface area contributed by atoms with Gasteiger partial charge in [-0.2, -0.15) is 5.10 Å². The van der Waals surface area contributed by atoms with Crippen LogP contribution in [0.3, 0.4) is 0 Å². The summed E-state index contributed by atoms with van der Waals surface area (Å²) in [6.07, 6.45) is 3.24. The Morgan fingerprint density at radius 3 is 2.76 bits per heavy atom. The Morgan fingerprint density at radius 2 is 2.04 bits per heavy atom. The number of carbonyl (C=O) groups excluding carboxylic acids is 2. The molecule has 0 radical (unpaired) electrons. The van der Waals surface area contributed by atoms with Gasteiger partial charge in [-0.25, -0.2) is 5.43 Å². The van der Waals surface area contributed by atoms with Crippen molar-refractivity contribution in [2.24, 2.45) is 5.10 Å². The molecule has 2 N–H and O–H groups in total. The topological polar surface area (TPSA) is 92.7 Å². The molecule has 2 rings (SSSR count). The van der Waals surface area contributed by atoms with Gasteiger partial charge in [-0.05, 0) is 43.7 Å². The Balaban J connectivity index is 1.74. The molecule has 130 valence electrons. The highest BCUT2D eigenvalue weighted by atomic mass is 16.5. The van der Waals surface area contributed by atoms with Crippen molar-refractivity contribution in [2.45, 2.75) is 20.3 Å². The second-order valence-electron chi connectivity index (χ2n) is 5.45. The summed E-state index contributed by atoms with van der Waals surface area (Å²) in [5.74, 6) is -0.0141. The van der Waals surface area contributed by atoms with E-state index in [0.29, 0.717) is 17.1 Å². The van der Waals surface area contributed by atoms with Crippen molar-refractivity contribution in [3.63, 3.8) is 0 Å². The van der Waals surface area contributed by atoms with E-state index in [4.69, 9.17) is 4.74 Å². The predicted molar refractivity (Wildman–Crippen MR) is 95.4 cm³/mol. The van der Waals surface area contributed by atoms with Crippen LogP contribution in [-0.4, -0.2) is 29.1 Å². The van der Waals surface area contributed by atoms with Crippen molar-refractivity contribution >= 4 is 23.2 Å². The van der Waals surface area contributed by atoms with Crippen LogP contribution in [0, 0.1) is 6.92 Å². The number of aryl methyl sites for hydroxylation is 1. The van der Waals surface area contributed by atoms with E-state index in [1.807, 2.05) is 25.1 Å². The van der Waals surface area contributed by atoms with Gasteiger partial charge in [0.15, 0.2) is 6.61 Å². The van der Waals surface area contributed by atoms with Crippen LogP contribution in [0.25, 0.3) is 0 Å². The molecule has 1 aromatic heterocycles. The van der Waals surface area contributed by atoms with Gasteiger partial charge in [0.2, 0.25) is 5.91 Å². The van der Waals surface area contributed by atoms with Crippen molar-refractivity contribution in [2.75, 3.05) is 11.9 Å². The Morgan fingerprint density at radius 1 is 1.20 bits per heavy atom. The largest absolute Gasteiger partial charge is 0.484 e. The van der Waals surface area contributed by atoms with Crippen LogP contribution < -0.4 is 15.5 Å². The Bertz CT molecular complexity index is 760. The number of carbonyl (C=O) groups is 2. The van der Waals surface area contributed by atoms with Crippen LogP contribution in [0.1, 0.15) is 18.9 Å². The van der Waals surface area contributed by atoms with E-state index in [2.05, 4.69) is 20.8 Å². The zero-order chi connectivity index (χ0) is 18.1. The van der Waals surface area contributed by atoms with Gasteiger partial charge in [0, 0.05) is 11.9 Å². The van der Waals surface area contributed by atoms with Crippen LogP contribution in [0.15, 0.2) is 53.9 Å². The maximum Gasteiger partial charge on any atom is 0.277 e. The highest BCUT2D eigenvalue weighted by Crippen LogP contribution is 2.11. The smallest absolute Gasteiger partial charge is 0.277 e. The molecular weight excluding hydrogens is 320 g/mol. The average molecular weight is 340 g/mol. The van der Waals surface area contributed by atoms with Gasteiger partial charge in [0.1, 0.15) is 5.75 Å². The zero-order valence-corrected chi connectivity index (χ0v) is 14.2. The first-order valence-corrected chi connectivity index (χ1v) is 7.74. The molecule has 0 bridgehead atoms. The van der Waals surface area contributed by atoms with Crippen LogP contribution >= 0.6 is 0 Å². The summed E-state index contributed by atoms with van der Waals surface area (Å²) >= 11 is 0. The lowest BCUT2D eigenvalue weighted by Gasteiger charge is -2.07. The van der Waals surface area contributed by atoms with Gasteiger partial charge in [0.05, 0.1) is 18.3 Å². The minimum atomic E-state index is -0.395. The summed E-state index contributed by atoms with van der Waals surface area (Å²) in [7, 11) is 0. The van der Waals surface area contributed by atoms with E-state index in [1.54, 1.807) is 37.5 Å². The van der Waals surface area contributed by atoms with E-state index < -0.39 is 5.91 Å². The van der Waals surface area contributed by atoms with E-state index in [0.717, 1.165) is 5.56 Å². The lowest BCUT2D eigenvalue weighted by molar-refractivity contribution is -0.123. The number of nitrogens with zero attached hydrogens (tertiary/aromatic N) is 2. The number of aromatic nitrogens is 1. The summed E-state index contributed by atoms with van der Waals surface area (Å²) < 4.78 is 5.37. The van der Waals surface area contributed by atoms with Gasteiger partial charge in [-0.3, -0.25) is 14.6 Å². The number of anilines is 1. The highest BCUT2D eigenvalue weighted by Gasteiger charge is 2.06. The molecule has 2 aromatic rings. The number of rotatable bonds is 7. The Hall–Kier alpha value is -3.22. The summed E-state index contributed by atoms with van der Waals surface area (Å²) in [5.41, 5.74) is 4.50. The minimum absolute atomic E-state index is 0.0634. The number of benzene rings is 1. The molecular formula is C18H20N4O3. The molecule has 0 aliphatic heterocycles. The van der Waals surface area contributed by atoms with Crippen molar-refractivity contribution in [1.82, 2.24) is 10.4 Å². The first-order valence-electron chi connectivity index (χ1n) is 7.74. The lowest BCUT2D eigenvalue weighted by atomic mass is 10.2. The first-order chi connectivity index (χ1) is 12.0. The molecule has 0 spiro atoms. The third-order valence-corrected chi connectivity index (χ3v) is 3.09. The van der Waals surface area contributed by atoms with E-state index in [1.165, 1.54) is 0 Å². The van der Waals surface area contributed by atoms with Crippen LogP contribution in [0.4, 0.5) is 5.69 Å². The number of nitrogens with one attached hydrogen (secondary N) is 2.